The van der Waals surface area contributed by atoms with Gasteiger partial charge in [-0.3, -0.25) is 0 Å². The second-order valence-electron chi connectivity index (χ2n) is 3.08. The number of ether oxygens (including phenoxy) is 1. The molecule has 2 aromatic rings. The third-order valence-corrected chi connectivity index (χ3v) is 2.17. The maximum absolute atomic E-state index is 10.3. The molecule has 0 amide bonds. The Bertz CT molecular complexity index is 460. The predicted molar refractivity (Wildman–Crippen MR) is 58.2 cm³/mol. The van der Waals surface area contributed by atoms with Crippen LogP contribution in [0.2, 0.25) is 0 Å². The Morgan fingerprint density at radius 3 is 2.40 bits per heavy atom. The lowest BCUT2D eigenvalue weighted by atomic mass is 10.1. The minimum Gasteiger partial charge on any atom is -0.497 e. The first-order chi connectivity index (χ1) is 7.33. The zero-order chi connectivity index (χ0) is 10.7. The highest BCUT2D eigenvalue weighted by Crippen LogP contribution is 2.23. The van der Waals surface area contributed by atoms with E-state index < -0.39 is 0 Å². The van der Waals surface area contributed by atoms with Gasteiger partial charge in [-0.2, -0.15) is 0 Å². The summed E-state index contributed by atoms with van der Waals surface area (Å²) in [5.41, 5.74) is 1.86. The molecule has 4 nitrogen and oxygen atoms in total. The van der Waals surface area contributed by atoms with Crippen LogP contribution in [0.15, 0.2) is 41.6 Å². The Labute approximate surface area is 86.9 Å². The van der Waals surface area contributed by atoms with E-state index in [1.807, 2.05) is 30.3 Å². The lowest BCUT2D eigenvalue weighted by Crippen LogP contribution is -1.82. The fourth-order valence-corrected chi connectivity index (χ4v) is 1.38. The highest BCUT2D eigenvalue weighted by atomic mass is 16.5. The smallest absolute Gasteiger partial charge is 0.175 e. The Morgan fingerprint density at radius 1 is 1.13 bits per heavy atom. The zero-order valence-electron chi connectivity index (χ0n) is 8.23. The molecule has 0 aliphatic heterocycles. The molecule has 0 fully saturated rings. The summed E-state index contributed by atoms with van der Waals surface area (Å²) in [4.78, 5) is 13.1. The number of rotatable bonds is 3. The summed E-state index contributed by atoms with van der Waals surface area (Å²) in [6.07, 6.45) is 0. The van der Waals surface area contributed by atoms with E-state index in [-0.39, 0.29) is 0 Å². The maximum Gasteiger partial charge on any atom is 0.175 e. The summed E-state index contributed by atoms with van der Waals surface area (Å²) >= 11 is 0. The van der Waals surface area contributed by atoms with E-state index in [9.17, 15) is 4.91 Å². The highest BCUT2D eigenvalue weighted by molar-refractivity contribution is 5.62. The Kier molecular flexibility index (Phi) is 2.49. The van der Waals surface area contributed by atoms with Crippen LogP contribution in [0, 0.1) is 4.91 Å². The molecule has 0 bridgehead atoms. The van der Waals surface area contributed by atoms with Gasteiger partial charge in [0.1, 0.15) is 5.75 Å². The van der Waals surface area contributed by atoms with Crippen LogP contribution in [-0.4, -0.2) is 12.1 Å². The molecule has 1 N–H and O–H groups in total. The third-order valence-electron chi connectivity index (χ3n) is 2.17. The second kappa shape index (κ2) is 3.96. The van der Waals surface area contributed by atoms with Gasteiger partial charge in [0, 0.05) is 5.69 Å². The van der Waals surface area contributed by atoms with Gasteiger partial charge in [0.2, 0.25) is 0 Å². The van der Waals surface area contributed by atoms with Crippen molar-refractivity contribution < 1.29 is 4.74 Å². The van der Waals surface area contributed by atoms with Crippen molar-refractivity contribution in [3.63, 3.8) is 0 Å². The van der Waals surface area contributed by atoms with E-state index in [1.54, 1.807) is 13.2 Å². The molecule has 2 rings (SSSR count). The SMILES string of the molecule is COc1ccc(-c2ccc(N=O)[nH]2)cc1. The fraction of sp³-hybridized carbons (Fsp3) is 0.0909. The van der Waals surface area contributed by atoms with Crippen molar-refractivity contribution in [1.29, 1.82) is 0 Å². The molecule has 4 heteroatoms. The minimum atomic E-state index is 0.334. The van der Waals surface area contributed by atoms with Gasteiger partial charge in [-0.1, -0.05) is 0 Å². The van der Waals surface area contributed by atoms with Crippen LogP contribution in [0.4, 0.5) is 5.82 Å². The molecule has 76 valence electrons. The summed E-state index contributed by atoms with van der Waals surface area (Å²) < 4.78 is 5.05. The Morgan fingerprint density at radius 2 is 1.87 bits per heavy atom. The lowest BCUT2D eigenvalue weighted by molar-refractivity contribution is 0.415. The molecule has 0 radical (unpaired) electrons. The number of hydrogen-bond donors (Lipinski definition) is 1. The largest absolute Gasteiger partial charge is 0.497 e. The molecular weight excluding hydrogens is 192 g/mol. The Balaban J connectivity index is 2.32. The molecule has 0 saturated carbocycles. The summed E-state index contributed by atoms with van der Waals surface area (Å²) in [6.45, 7) is 0. The fourth-order valence-electron chi connectivity index (χ4n) is 1.38. The van der Waals surface area contributed by atoms with Crippen molar-refractivity contribution >= 4 is 5.82 Å². The van der Waals surface area contributed by atoms with Crippen LogP contribution in [0.5, 0.6) is 5.75 Å². The van der Waals surface area contributed by atoms with E-state index in [0.717, 1.165) is 17.0 Å². The minimum absolute atomic E-state index is 0.334. The topological polar surface area (TPSA) is 54.4 Å². The van der Waals surface area contributed by atoms with Gasteiger partial charge in [0.15, 0.2) is 5.82 Å². The molecular formula is C11H10N2O2. The number of benzene rings is 1. The third kappa shape index (κ3) is 1.88. The van der Waals surface area contributed by atoms with Gasteiger partial charge in [-0.25, -0.2) is 0 Å². The Hall–Kier alpha value is -2.10. The van der Waals surface area contributed by atoms with Crippen molar-refractivity contribution in [2.45, 2.75) is 0 Å². The average molecular weight is 202 g/mol. The second-order valence-corrected chi connectivity index (χ2v) is 3.08. The number of methoxy groups -OCH3 is 1. The molecule has 0 aliphatic carbocycles. The number of nitroso groups, excluding NO2 is 1. The molecule has 0 saturated heterocycles. The summed E-state index contributed by atoms with van der Waals surface area (Å²) in [6, 6.07) is 11.0. The molecule has 0 aliphatic rings. The molecule has 15 heavy (non-hydrogen) atoms. The summed E-state index contributed by atoms with van der Waals surface area (Å²) in [5, 5.41) is 2.82. The number of aromatic nitrogens is 1. The molecule has 1 aromatic heterocycles. The first kappa shape index (κ1) is 9.45. The normalized spacial score (nSPS) is 9.93. The van der Waals surface area contributed by atoms with E-state index >= 15 is 0 Å². The van der Waals surface area contributed by atoms with Crippen LogP contribution in [0.1, 0.15) is 0 Å². The van der Waals surface area contributed by atoms with Gasteiger partial charge in [0.25, 0.3) is 0 Å². The zero-order valence-corrected chi connectivity index (χ0v) is 8.23. The van der Waals surface area contributed by atoms with Crippen LogP contribution in [-0.2, 0) is 0 Å². The quantitative estimate of drug-likeness (QED) is 0.777. The highest BCUT2D eigenvalue weighted by Gasteiger charge is 2.01. The van der Waals surface area contributed by atoms with Crippen LogP contribution >= 0.6 is 0 Å². The van der Waals surface area contributed by atoms with E-state index in [0.29, 0.717) is 5.82 Å². The van der Waals surface area contributed by atoms with Gasteiger partial charge in [-0.15, -0.1) is 4.91 Å². The lowest BCUT2D eigenvalue weighted by Gasteiger charge is -2.00. The van der Waals surface area contributed by atoms with Crippen molar-refractivity contribution in [2.24, 2.45) is 5.18 Å². The van der Waals surface area contributed by atoms with E-state index in [2.05, 4.69) is 10.2 Å². The van der Waals surface area contributed by atoms with Crippen LogP contribution in [0.25, 0.3) is 11.3 Å². The van der Waals surface area contributed by atoms with Crippen LogP contribution < -0.4 is 4.74 Å². The first-order valence-electron chi connectivity index (χ1n) is 4.50. The average Bonchev–Trinajstić information content (AvgIpc) is 2.78. The van der Waals surface area contributed by atoms with Crippen molar-refractivity contribution in [1.82, 2.24) is 4.98 Å². The van der Waals surface area contributed by atoms with Crippen molar-refractivity contribution in [3.05, 3.63) is 41.3 Å². The number of hydrogen-bond acceptors (Lipinski definition) is 3. The van der Waals surface area contributed by atoms with Crippen molar-refractivity contribution in [3.8, 4) is 17.0 Å². The van der Waals surface area contributed by atoms with E-state index in [1.165, 1.54) is 0 Å². The standard InChI is InChI=1S/C11H10N2O2/c1-15-9-4-2-8(3-5-9)10-6-7-11(12-10)13-14/h2-7,12H,1H3. The maximum atomic E-state index is 10.3. The number of nitrogens with zero attached hydrogens (tertiary/aromatic N) is 1. The molecule has 1 aromatic carbocycles. The monoisotopic (exact) mass is 202 g/mol. The first-order valence-corrected chi connectivity index (χ1v) is 4.50. The van der Waals surface area contributed by atoms with Gasteiger partial charge >= 0.3 is 0 Å². The van der Waals surface area contributed by atoms with E-state index in [4.69, 9.17) is 4.74 Å². The summed E-state index contributed by atoms with van der Waals surface area (Å²) in [5.74, 6) is 1.14. The number of aromatic amines is 1. The number of nitrogens with one attached hydrogen (secondary N) is 1. The summed E-state index contributed by atoms with van der Waals surface area (Å²) in [7, 11) is 1.62. The molecule has 0 spiro atoms. The van der Waals surface area contributed by atoms with Gasteiger partial charge in [-0.05, 0) is 47.1 Å². The number of H-pyrrole nitrogens is 1. The molecule has 0 atom stereocenters. The molecule has 0 unspecified atom stereocenters. The van der Waals surface area contributed by atoms with Crippen molar-refractivity contribution in [2.75, 3.05) is 7.11 Å². The van der Waals surface area contributed by atoms with Gasteiger partial charge in [0.05, 0.1) is 7.11 Å². The van der Waals surface area contributed by atoms with Gasteiger partial charge < -0.3 is 9.72 Å². The van der Waals surface area contributed by atoms with Crippen LogP contribution in [0.3, 0.4) is 0 Å². The predicted octanol–water partition coefficient (Wildman–Crippen LogP) is 3.09. The molecule has 1 heterocycles.